The Bertz CT molecular complexity index is 663. The van der Waals surface area contributed by atoms with Crippen molar-refractivity contribution in [1.82, 2.24) is 4.31 Å². The van der Waals surface area contributed by atoms with E-state index < -0.39 is 10.0 Å². The van der Waals surface area contributed by atoms with E-state index in [0.29, 0.717) is 10.8 Å². The van der Waals surface area contributed by atoms with Crippen molar-refractivity contribution in [2.45, 2.75) is 23.1 Å². The lowest BCUT2D eigenvalue weighted by atomic mass is 10.2. The number of rotatable bonds is 3. The molecule has 0 bridgehead atoms. The third-order valence-electron chi connectivity index (χ3n) is 3.19. The Hall–Kier alpha value is -0.630. The molecule has 0 unspecified atom stereocenters. The summed E-state index contributed by atoms with van der Waals surface area (Å²) in [6.07, 6.45) is 3.25. The fourth-order valence-electron chi connectivity index (χ4n) is 2.34. The molecule has 1 atom stereocenters. The van der Waals surface area contributed by atoms with Crippen LogP contribution in [0.5, 0.6) is 0 Å². The normalized spacial score (nSPS) is 21.0. The first-order valence-electron chi connectivity index (χ1n) is 5.89. The van der Waals surface area contributed by atoms with E-state index in [2.05, 4.69) is 15.9 Å². The van der Waals surface area contributed by atoms with E-state index in [4.69, 9.17) is 4.42 Å². The van der Waals surface area contributed by atoms with Gasteiger partial charge in [-0.1, -0.05) is 0 Å². The first kappa shape index (κ1) is 13.4. The van der Waals surface area contributed by atoms with Crippen LogP contribution in [0.25, 0.3) is 0 Å². The Labute approximate surface area is 124 Å². The first-order chi connectivity index (χ1) is 9.09. The van der Waals surface area contributed by atoms with Gasteiger partial charge in [-0.15, -0.1) is 11.3 Å². The summed E-state index contributed by atoms with van der Waals surface area (Å²) in [6.45, 7) is 0.545. The lowest BCUT2D eigenvalue weighted by molar-refractivity contribution is 0.340. The van der Waals surface area contributed by atoms with Gasteiger partial charge in [0.1, 0.15) is 9.97 Å². The van der Waals surface area contributed by atoms with Gasteiger partial charge in [0.05, 0.1) is 16.1 Å². The van der Waals surface area contributed by atoms with E-state index in [1.54, 1.807) is 28.8 Å². The van der Waals surface area contributed by atoms with Crippen LogP contribution in [0.3, 0.4) is 0 Å². The number of sulfonamides is 1. The third-order valence-corrected chi connectivity index (χ3v) is 7.19. The summed E-state index contributed by atoms with van der Waals surface area (Å²) in [5.41, 5.74) is 0. The average molecular weight is 362 g/mol. The molecule has 2 aromatic rings. The summed E-state index contributed by atoms with van der Waals surface area (Å²) in [4.78, 5) is 0. The van der Waals surface area contributed by atoms with Gasteiger partial charge in [0.2, 0.25) is 0 Å². The van der Waals surface area contributed by atoms with Crippen molar-refractivity contribution in [2.24, 2.45) is 0 Å². The maximum absolute atomic E-state index is 12.6. The van der Waals surface area contributed by atoms with Gasteiger partial charge in [-0.3, -0.25) is 0 Å². The Morgan fingerprint density at radius 3 is 2.84 bits per heavy atom. The Balaban J connectivity index is 1.96. The largest absolute Gasteiger partial charge is 0.468 e. The van der Waals surface area contributed by atoms with Crippen LogP contribution in [-0.2, 0) is 10.0 Å². The molecule has 0 amide bonds. The fourth-order valence-corrected chi connectivity index (χ4v) is 6.15. The monoisotopic (exact) mass is 361 g/mol. The molecule has 1 aliphatic rings. The molecule has 3 rings (SSSR count). The minimum atomic E-state index is -3.43. The molecule has 0 spiro atoms. The minimum Gasteiger partial charge on any atom is -0.468 e. The molecule has 0 aromatic carbocycles. The number of thiophene rings is 1. The summed E-state index contributed by atoms with van der Waals surface area (Å²) >= 11 is 4.54. The molecule has 1 fully saturated rings. The third kappa shape index (κ3) is 2.40. The lowest BCUT2D eigenvalue weighted by Crippen LogP contribution is -2.29. The molecule has 19 heavy (non-hydrogen) atoms. The van der Waals surface area contributed by atoms with Crippen molar-refractivity contribution in [3.8, 4) is 0 Å². The van der Waals surface area contributed by atoms with Crippen LogP contribution in [0.4, 0.5) is 0 Å². The molecule has 1 saturated heterocycles. The second-order valence-electron chi connectivity index (χ2n) is 4.35. The van der Waals surface area contributed by atoms with E-state index in [1.165, 1.54) is 11.3 Å². The number of furan rings is 1. The summed E-state index contributed by atoms with van der Waals surface area (Å²) < 4.78 is 33.4. The maximum atomic E-state index is 12.6. The predicted molar refractivity (Wildman–Crippen MR) is 76.6 cm³/mol. The van der Waals surface area contributed by atoms with Crippen LogP contribution >= 0.6 is 27.3 Å². The van der Waals surface area contributed by atoms with Gasteiger partial charge >= 0.3 is 0 Å². The minimum absolute atomic E-state index is 0.180. The molecule has 7 heteroatoms. The van der Waals surface area contributed by atoms with Crippen LogP contribution in [0.2, 0.25) is 0 Å². The van der Waals surface area contributed by atoms with Crippen molar-refractivity contribution >= 4 is 37.3 Å². The maximum Gasteiger partial charge on any atom is 0.253 e. The van der Waals surface area contributed by atoms with Gasteiger partial charge in [0, 0.05) is 6.54 Å². The number of halogens is 1. The van der Waals surface area contributed by atoms with Crippen molar-refractivity contribution in [3.63, 3.8) is 0 Å². The van der Waals surface area contributed by atoms with Gasteiger partial charge in [-0.05, 0) is 53.0 Å². The summed E-state index contributed by atoms with van der Waals surface area (Å²) in [5, 5.41) is 0. The van der Waals surface area contributed by atoms with E-state index in [9.17, 15) is 8.42 Å². The molecular formula is C12H12BrNO3S2. The van der Waals surface area contributed by atoms with Gasteiger partial charge in [0.15, 0.2) is 0 Å². The zero-order valence-electron chi connectivity index (χ0n) is 9.95. The molecular weight excluding hydrogens is 350 g/mol. The van der Waals surface area contributed by atoms with Crippen LogP contribution < -0.4 is 0 Å². The molecule has 2 aromatic heterocycles. The number of hydrogen-bond donors (Lipinski definition) is 0. The summed E-state index contributed by atoms with van der Waals surface area (Å²) in [5.74, 6) is 0.719. The highest BCUT2D eigenvalue weighted by Crippen LogP contribution is 2.38. The second-order valence-corrected chi connectivity index (χ2v) is 8.93. The van der Waals surface area contributed by atoms with Crippen LogP contribution in [-0.4, -0.2) is 19.3 Å². The molecule has 0 N–H and O–H groups in total. The molecule has 0 saturated carbocycles. The van der Waals surface area contributed by atoms with Crippen LogP contribution in [0, 0.1) is 0 Å². The van der Waals surface area contributed by atoms with Crippen molar-refractivity contribution in [2.75, 3.05) is 6.54 Å². The highest BCUT2D eigenvalue weighted by Gasteiger charge is 2.38. The van der Waals surface area contributed by atoms with Gasteiger partial charge in [0.25, 0.3) is 10.0 Å². The molecule has 0 radical (unpaired) electrons. The standard InChI is InChI=1S/C12H12BrNO3S2/c13-11-5-6-12(18-11)19(15,16)14-7-1-3-9(14)10-4-2-8-17-10/h2,4-6,8-9H,1,3,7H2/t9-/m0/s1. The van der Waals surface area contributed by atoms with Crippen LogP contribution in [0.1, 0.15) is 24.6 Å². The summed E-state index contributed by atoms with van der Waals surface area (Å²) in [6, 6.07) is 6.85. The smallest absolute Gasteiger partial charge is 0.253 e. The average Bonchev–Trinajstić information content (AvgIpc) is 3.09. The Morgan fingerprint density at radius 2 is 2.21 bits per heavy atom. The quantitative estimate of drug-likeness (QED) is 0.838. The lowest BCUT2D eigenvalue weighted by Gasteiger charge is -2.21. The predicted octanol–water partition coefficient (Wildman–Crippen LogP) is 3.63. The zero-order valence-corrected chi connectivity index (χ0v) is 13.2. The first-order valence-corrected chi connectivity index (χ1v) is 8.94. The summed E-state index contributed by atoms with van der Waals surface area (Å²) in [7, 11) is -3.43. The topological polar surface area (TPSA) is 50.5 Å². The molecule has 4 nitrogen and oxygen atoms in total. The van der Waals surface area contributed by atoms with Crippen molar-refractivity contribution in [1.29, 1.82) is 0 Å². The van der Waals surface area contributed by atoms with Gasteiger partial charge in [-0.2, -0.15) is 4.31 Å². The van der Waals surface area contributed by atoms with E-state index in [0.717, 1.165) is 22.4 Å². The molecule has 102 valence electrons. The molecule has 3 heterocycles. The fraction of sp³-hybridized carbons (Fsp3) is 0.333. The van der Waals surface area contributed by atoms with Crippen molar-refractivity contribution < 1.29 is 12.8 Å². The number of hydrogen-bond acceptors (Lipinski definition) is 4. The Kier molecular flexibility index (Phi) is 3.55. The van der Waals surface area contributed by atoms with Gasteiger partial charge < -0.3 is 4.42 Å². The zero-order chi connectivity index (χ0) is 13.5. The van der Waals surface area contributed by atoms with Crippen molar-refractivity contribution in [3.05, 3.63) is 40.1 Å². The molecule has 1 aliphatic heterocycles. The van der Waals surface area contributed by atoms with E-state index >= 15 is 0 Å². The second kappa shape index (κ2) is 5.05. The Morgan fingerprint density at radius 1 is 1.37 bits per heavy atom. The van der Waals surface area contributed by atoms with Crippen LogP contribution in [0.15, 0.2) is 42.9 Å². The van der Waals surface area contributed by atoms with E-state index in [-0.39, 0.29) is 6.04 Å². The van der Waals surface area contributed by atoms with Gasteiger partial charge in [-0.25, -0.2) is 8.42 Å². The highest BCUT2D eigenvalue weighted by molar-refractivity contribution is 9.11. The van der Waals surface area contributed by atoms with E-state index in [1.807, 2.05) is 6.07 Å². The molecule has 0 aliphatic carbocycles. The SMILES string of the molecule is O=S(=O)(c1ccc(Br)s1)N1CCC[C@H]1c1ccco1. The number of nitrogens with zero attached hydrogens (tertiary/aromatic N) is 1. The highest BCUT2D eigenvalue weighted by atomic mass is 79.9.